The molecule has 0 N–H and O–H groups in total. The second kappa shape index (κ2) is 7.64. The van der Waals surface area contributed by atoms with Crippen molar-refractivity contribution in [3.63, 3.8) is 0 Å². The number of carbonyl (C=O) groups is 1. The number of aromatic nitrogens is 2. The lowest BCUT2D eigenvalue weighted by Gasteiger charge is -2.17. The van der Waals surface area contributed by atoms with Crippen molar-refractivity contribution in [2.24, 2.45) is 0 Å². The molecule has 29 heavy (non-hydrogen) atoms. The van der Waals surface area contributed by atoms with E-state index < -0.39 is 0 Å². The summed E-state index contributed by atoms with van der Waals surface area (Å²) >= 11 is 1.67. The van der Waals surface area contributed by atoms with Crippen LogP contribution in [0.25, 0.3) is 16.6 Å². The van der Waals surface area contributed by atoms with Gasteiger partial charge in [0.25, 0.3) is 0 Å². The highest BCUT2D eigenvalue weighted by atomic mass is 32.1. The Kier molecular flexibility index (Phi) is 4.70. The van der Waals surface area contributed by atoms with Crippen molar-refractivity contribution in [2.75, 3.05) is 0 Å². The molecule has 3 nitrogen and oxygen atoms in total. The first-order valence-electron chi connectivity index (χ1n) is 9.76. The molecule has 0 atom stereocenters. The molecule has 1 aliphatic rings. The van der Waals surface area contributed by atoms with Gasteiger partial charge >= 0.3 is 0 Å². The molecule has 142 valence electrons. The Morgan fingerprint density at radius 1 is 0.966 bits per heavy atom. The van der Waals surface area contributed by atoms with Crippen LogP contribution in [0.2, 0.25) is 0 Å². The molecule has 2 aromatic carbocycles. The molecule has 0 amide bonds. The zero-order valence-corrected chi connectivity index (χ0v) is 16.7. The summed E-state index contributed by atoms with van der Waals surface area (Å²) in [7, 11) is 0. The largest absolute Gasteiger partial charge is 0.289 e. The maximum absolute atomic E-state index is 13.0. The summed E-state index contributed by atoms with van der Waals surface area (Å²) in [4.78, 5) is 14.1. The van der Waals surface area contributed by atoms with Crippen LogP contribution in [0, 0.1) is 0 Å². The molecule has 4 aromatic rings. The Morgan fingerprint density at radius 2 is 1.79 bits per heavy atom. The Labute approximate surface area is 174 Å². The lowest BCUT2D eigenvalue weighted by molar-refractivity contribution is 0.102. The maximum Gasteiger partial charge on any atom is 0.189 e. The summed E-state index contributed by atoms with van der Waals surface area (Å²) in [5, 5.41) is 6.91. The molecule has 5 rings (SSSR count). The summed E-state index contributed by atoms with van der Waals surface area (Å²) in [6.07, 6.45) is 5.77. The number of benzene rings is 2. The van der Waals surface area contributed by atoms with E-state index in [1.807, 2.05) is 53.2 Å². The highest BCUT2D eigenvalue weighted by Crippen LogP contribution is 2.31. The summed E-state index contributed by atoms with van der Waals surface area (Å²) in [5.41, 5.74) is 5.99. The molecule has 1 aliphatic carbocycles. The Balaban J connectivity index is 1.54. The standard InChI is InChI=1S/C25H20N2OS/c28-25-20(13-12-19-9-4-5-10-22(19)25)15-21-17-27(16-18-7-2-1-3-8-18)26-24(21)23-11-6-14-29-23/h1-11,14-15,17H,12-13,16H2/b20-15+. The molecule has 0 aliphatic heterocycles. The third kappa shape index (κ3) is 3.59. The number of allylic oxidation sites excluding steroid dienone is 1. The van der Waals surface area contributed by atoms with Gasteiger partial charge in [0, 0.05) is 22.9 Å². The minimum Gasteiger partial charge on any atom is -0.289 e. The molecular formula is C25H20N2OS. The third-order valence-electron chi connectivity index (χ3n) is 5.28. The molecule has 2 aromatic heterocycles. The van der Waals surface area contributed by atoms with Gasteiger partial charge in [-0.05, 0) is 41.5 Å². The van der Waals surface area contributed by atoms with Crippen LogP contribution in [0.1, 0.15) is 33.5 Å². The van der Waals surface area contributed by atoms with Crippen LogP contribution in [-0.2, 0) is 13.0 Å². The lowest BCUT2D eigenvalue weighted by atomic mass is 9.86. The quantitative estimate of drug-likeness (QED) is 0.404. The van der Waals surface area contributed by atoms with Gasteiger partial charge in [-0.3, -0.25) is 9.48 Å². The molecule has 4 heteroatoms. The molecule has 0 unspecified atom stereocenters. The van der Waals surface area contributed by atoms with Gasteiger partial charge in [0.1, 0.15) is 5.69 Å². The van der Waals surface area contributed by atoms with Crippen LogP contribution < -0.4 is 0 Å². The van der Waals surface area contributed by atoms with Gasteiger partial charge in [-0.2, -0.15) is 5.10 Å². The number of aryl methyl sites for hydroxylation is 1. The molecule has 0 bridgehead atoms. The van der Waals surface area contributed by atoms with E-state index in [4.69, 9.17) is 5.10 Å². The van der Waals surface area contributed by atoms with Crippen LogP contribution in [0.4, 0.5) is 0 Å². The van der Waals surface area contributed by atoms with E-state index in [-0.39, 0.29) is 5.78 Å². The summed E-state index contributed by atoms with van der Waals surface area (Å²) in [6.45, 7) is 0.708. The highest BCUT2D eigenvalue weighted by molar-refractivity contribution is 7.13. The third-order valence-corrected chi connectivity index (χ3v) is 6.16. The second-order valence-corrected chi connectivity index (χ2v) is 8.20. The zero-order chi connectivity index (χ0) is 19.6. The van der Waals surface area contributed by atoms with Crippen molar-refractivity contribution in [1.82, 2.24) is 9.78 Å². The number of hydrogen-bond acceptors (Lipinski definition) is 3. The first-order valence-corrected chi connectivity index (χ1v) is 10.6. The van der Waals surface area contributed by atoms with Crippen LogP contribution in [0.3, 0.4) is 0 Å². The molecule has 0 saturated heterocycles. The van der Waals surface area contributed by atoms with Gasteiger partial charge in [0.2, 0.25) is 0 Å². The Morgan fingerprint density at radius 3 is 2.62 bits per heavy atom. The van der Waals surface area contributed by atoms with E-state index >= 15 is 0 Å². The first kappa shape index (κ1) is 17.8. The molecule has 0 saturated carbocycles. The number of rotatable bonds is 4. The average Bonchev–Trinajstić information content (AvgIpc) is 3.41. The van der Waals surface area contributed by atoms with Crippen molar-refractivity contribution in [3.8, 4) is 10.6 Å². The number of ketones is 1. The van der Waals surface area contributed by atoms with E-state index in [0.717, 1.165) is 45.7 Å². The first-order chi connectivity index (χ1) is 14.3. The van der Waals surface area contributed by atoms with Gasteiger partial charge in [-0.1, -0.05) is 60.7 Å². The molecule has 0 spiro atoms. The monoisotopic (exact) mass is 396 g/mol. The maximum atomic E-state index is 13.0. The van der Waals surface area contributed by atoms with Crippen molar-refractivity contribution in [1.29, 1.82) is 0 Å². The highest BCUT2D eigenvalue weighted by Gasteiger charge is 2.22. The summed E-state index contributed by atoms with van der Waals surface area (Å²) in [5.74, 6) is 0.139. The molecular weight excluding hydrogens is 376 g/mol. The van der Waals surface area contributed by atoms with Crippen molar-refractivity contribution in [3.05, 3.63) is 106 Å². The van der Waals surface area contributed by atoms with Gasteiger partial charge in [-0.25, -0.2) is 0 Å². The average molecular weight is 397 g/mol. The van der Waals surface area contributed by atoms with E-state index in [9.17, 15) is 4.79 Å². The van der Waals surface area contributed by atoms with Crippen molar-refractivity contribution >= 4 is 23.2 Å². The van der Waals surface area contributed by atoms with Crippen LogP contribution in [0.5, 0.6) is 0 Å². The number of thiophene rings is 1. The van der Waals surface area contributed by atoms with Crippen LogP contribution in [0.15, 0.2) is 83.9 Å². The number of nitrogens with zero attached hydrogens (tertiary/aromatic N) is 2. The topological polar surface area (TPSA) is 34.9 Å². The number of hydrogen-bond donors (Lipinski definition) is 0. The van der Waals surface area contributed by atoms with E-state index in [2.05, 4.69) is 35.8 Å². The van der Waals surface area contributed by atoms with Crippen LogP contribution in [-0.4, -0.2) is 15.6 Å². The molecule has 0 radical (unpaired) electrons. The number of Topliss-reactive ketones (excluding diaryl/α,β-unsaturated/α-hetero) is 1. The SMILES string of the molecule is O=C1/C(=C/c2cn(Cc3ccccc3)nc2-c2cccs2)CCc2ccccc21. The molecule has 0 fully saturated rings. The predicted octanol–water partition coefficient (Wildman–Crippen LogP) is 5.87. The fraction of sp³-hybridized carbons (Fsp3) is 0.120. The second-order valence-electron chi connectivity index (χ2n) is 7.25. The smallest absolute Gasteiger partial charge is 0.189 e. The fourth-order valence-electron chi connectivity index (χ4n) is 3.84. The van der Waals surface area contributed by atoms with Gasteiger partial charge < -0.3 is 0 Å². The number of carbonyl (C=O) groups excluding carboxylic acids is 1. The minimum absolute atomic E-state index is 0.139. The van der Waals surface area contributed by atoms with E-state index in [1.165, 1.54) is 5.56 Å². The summed E-state index contributed by atoms with van der Waals surface area (Å²) in [6, 6.07) is 22.4. The minimum atomic E-state index is 0.139. The van der Waals surface area contributed by atoms with Crippen molar-refractivity contribution in [2.45, 2.75) is 19.4 Å². The Bertz CT molecular complexity index is 1190. The zero-order valence-electron chi connectivity index (χ0n) is 15.9. The fourth-order valence-corrected chi connectivity index (χ4v) is 4.57. The molecule has 2 heterocycles. The predicted molar refractivity (Wildman–Crippen MR) is 118 cm³/mol. The van der Waals surface area contributed by atoms with Gasteiger partial charge in [0.15, 0.2) is 5.78 Å². The van der Waals surface area contributed by atoms with Crippen LogP contribution >= 0.6 is 11.3 Å². The van der Waals surface area contributed by atoms with Crippen molar-refractivity contribution < 1.29 is 4.79 Å². The van der Waals surface area contributed by atoms with Gasteiger partial charge in [-0.15, -0.1) is 11.3 Å². The summed E-state index contributed by atoms with van der Waals surface area (Å²) < 4.78 is 1.97. The van der Waals surface area contributed by atoms with Gasteiger partial charge in [0.05, 0.1) is 11.4 Å². The normalized spacial score (nSPS) is 14.9. The lowest BCUT2D eigenvalue weighted by Crippen LogP contribution is -2.13. The van der Waals surface area contributed by atoms with E-state index in [0.29, 0.717) is 6.54 Å². The Hall–Kier alpha value is -3.24. The number of fused-ring (bicyclic) bond motifs is 1. The van der Waals surface area contributed by atoms with E-state index in [1.54, 1.807) is 11.3 Å².